The third-order valence-electron chi connectivity index (χ3n) is 3.44. The van der Waals surface area contributed by atoms with Crippen LogP contribution in [0, 0.1) is 0 Å². The number of benzene rings is 1. The number of rotatable bonds is 2. The number of fused-ring (bicyclic) bond motifs is 1. The fourth-order valence-corrected chi connectivity index (χ4v) is 2.41. The van der Waals surface area contributed by atoms with E-state index in [9.17, 15) is 19.2 Å². The number of carbonyl (C=O) groups excluding carboxylic acids is 4. The van der Waals surface area contributed by atoms with Crippen LogP contribution in [0.2, 0.25) is 0 Å². The monoisotopic (exact) mass is 274 g/mol. The number of imide groups is 1. The Balaban J connectivity index is 1.96. The van der Waals surface area contributed by atoms with Crippen LogP contribution in [0.5, 0.6) is 0 Å². The molecule has 0 radical (unpaired) electrons. The lowest BCUT2D eigenvalue weighted by atomic mass is 9.97. The molecule has 0 aromatic heterocycles. The second-order valence-electron chi connectivity index (χ2n) is 4.48. The normalized spacial score (nSPS) is 24.1. The second kappa shape index (κ2) is 4.16. The number of nitrogens with one attached hydrogen (secondary N) is 1. The van der Waals surface area contributed by atoms with Crippen molar-refractivity contribution in [3.8, 4) is 0 Å². The molecule has 7 heteroatoms. The van der Waals surface area contributed by atoms with Crippen LogP contribution in [0.25, 0.3) is 0 Å². The van der Waals surface area contributed by atoms with Crippen molar-refractivity contribution in [1.29, 1.82) is 0 Å². The highest BCUT2D eigenvalue weighted by atomic mass is 16.5. The first kappa shape index (κ1) is 12.3. The maximum Gasteiger partial charge on any atom is 0.331 e. The van der Waals surface area contributed by atoms with Gasteiger partial charge in [0, 0.05) is 0 Å². The van der Waals surface area contributed by atoms with Crippen LogP contribution in [0.4, 0.5) is 0 Å². The molecule has 102 valence electrons. The Kier molecular flexibility index (Phi) is 2.56. The van der Waals surface area contributed by atoms with E-state index in [1.807, 2.05) is 0 Å². The molecule has 0 bridgehead atoms. The summed E-state index contributed by atoms with van der Waals surface area (Å²) in [5.41, 5.74) is 0.474. The number of ether oxygens (including phenoxy) is 1. The maximum atomic E-state index is 12.2. The van der Waals surface area contributed by atoms with Gasteiger partial charge in [-0.1, -0.05) is 12.1 Å². The van der Waals surface area contributed by atoms with Gasteiger partial charge in [-0.3, -0.25) is 19.3 Å². The fourth-order valence-electron chi connectivity index (χ4n) is 2.41. The van der Waals surface area contributed by atoms with Gasteiger partial charge in [0.2, 0.25) is 5.91 Å². The molecule has 1 saturated heterocycles. The van der Waals surface area contributed by atoms with Gasteiger partial charge in [-0.2, -0.15) is 0 Å². The largest absolute Gasteiger partial charge is 0.467 e. The first-order chi connectivity index (χ1) is 9.56. The predicted octanol–water partition coefficient (Wildman–Crippen LogP) is -0.677. The molecule has 0 aliphatic carbocycles. The van der Waals surface area contributed by atoms with Crippen molar-refractivity contribution >= 4 is 23.7 Å². The summed E-state index contributed by atoms with van der Waals surface area (Å²) in [6.07, 6.45) is 0. The summed E-state index contributed by atoms with van der Waals surface area (Å²) in [5.74, 6) is -2.38. The first-order valence-corrected chi connectivity index (χ1v) is 5.91. The minimum atomic E-state index is -1.14. The number of methoxy groups -OCH3 is 1. The van der Waals surface area contributed by atoms with Crippen LogP contribution in [-0.2, 0) is 14.3 Å². The van der Waals surface area contributed by atoms with Crippen LogP contribution in [0.15, 0.2) is 24.3 Å². The molecule has 0 unspecified atom stereocenters. The van der Waals surface area contributed by atoms with Crippen LogP contribution in [-0.4, -0.2) is 47.8 Å². The quantitative estimate of drug-likeness (QED) is 0.438. The Morgan fingerprint density at radius 2 is 1.70 bits per heavy atom. The number of nitrogens with zero attached hydrogens (tertiary/aromatic N) is 1. The van der Waals surface area contributed by atoms with Crippen molar-refractivity contribution in [2.24, 2.45) is 0 Å². The fraction of sp³-hybridized carbons (Fsp3) is 0.231. The highest BCUT2D eigenvalue weighted by Gasteiger charge is 2.54. The van der Waals surface area contributed by atoms with Gasteiger partial charge in [-0.05, 0) is 12.1 Å². The Labute approximate surface area is 113 Å². The zero-order valence-electron chi connectivity index (χ0n) is 10.5. The van der Waals surface area contributed by atoms with Gasteiger partial charge in [-0.15, -0.1) is 0 Å². The molecule has 2 heterocycles. The standard InChI is InChI=1S/C13H10N2O5/c1-20-13(19)8-9(10(16)14-8)15-11(17)6-4-2-3-5-7(6)12(15)18/h2-5,8-9H,1H3,(H,14,16)/t8-,9-/m1/s1. The van der Waals surface area contributed by atoms with Gasteiger partial charge < -0.3 is 10.1 Å². The molecule has 1 fully saturated rings. The highest BCUT2D eigenvalue weighted by molar-refractivity contribution is 6.24. The molecular formula is C13H10N2O5. The summed E-state index contributed by atoms with van der Waals surface area (Å²) in [5, 5.41) is 2.33. The number of hydrogen-bond acceptors (Lipinski definition) is 5. The van der Waals surface area contributed by atoms with Crippen LogP contribution < -0.4 is 5.32 Å². The Morgan fingerprint density at radius 1 is 1.15 bits per heavy atom. The number of carbonyl (C=O) groups is 4. The van der Waals surface area contributed by atoms with E-state index in [2.05, 4.69) is 10.1 Å². The third kappa shape index (κ3) is 1.46. The van der Waals surface area contributed by atoms with Gasteiger partial charge >= 0.3 is 5.97 Å². The van der Waals surface area contributed by atoms with Crippen LogP contribution in [0.3, 0.4) is 0 Å². The summed E-state index contributed by atoms with van der Waals surface area (Å²) in [7, 11) is 1.17. The van der Waals surface area contributed by atoms with E-state index >= 15 is 0 Å². The van der Waals surface area contributed by atoms with E-state index in [0.717, 1.165) is 4.90 Å². The molecule has 1 aromatic carbocycles. The highest BCUT2D eigenvalue weighted by Crippen LogP contribution is 2.28. The summed E-state index contributed by atoms with van der Waals surface area (Å²) in [6, 6.07) is 4.14. The van der Waals surface area contributed by atoms with Crippen molar-refractivity contribution in [1.82, 2.24) is 10.2 Å². The third-order valence-corrected chi connectivity index (χ3v) is 3.44. The lowest BCUT2D eigenvalue weighted by Gasteiger charge is -2.38. The summed E-state index contributed by atoms with van der Waals surface area (Å²) in [4.78, 5) is 48.4. The number of amides is 3. The number of hydrogen-bond donors (Lipinski definition) is 1. The van der Waals surface area contributed by atoms with E-state index in [1.165, 1.54) is 19.2 Å². The van der Waals surface area contributed by atoms with Crippen molar-refractivity contribution in [3.05, 3.63) is 35.4 Å². The van der Waals surface area contributed by atoms with Gasteiger partial charge in [0.25, 0.3) is 11.8 Å². The molecule has 1 aromatic rings. The van der Waals surface area contributed by atoms with E-state index in [1.54, 1.807) is 12.1 Å². The zero-order chi connectivity index (χ0) is 14.4. The van der Waals surface area contributed by atoms with Crippen molar-refractivity contribution < 1.29 is 23.9 Å². The van der Waals surface area contributed by atoms with E-state index in [-0.39, 0.29) is 11.1 Å². The minimum Gasteiger partial charge on any atom is -0.467 e. The Hall–Kier alpha value is -2.70. The van der Waals surface area contributed by atoms with E-state index in [4.69, 9.17) is 0 Å². The summed E-state index contributed by atoms with van der Waals surface area (Å²) < 4.78 is 4.54. The molecular weight excluding hydrogens is 264 g/mol. The van der Waals surface area contributed by atoms with Crippen molar-refractivity contribution in [3.63, 3.8) is 0 Å². The molecule has 3 amide bonds. The molecule has 0 spiro atoms. The van der Waals surface area contributed by atoms with E-state index in [0.29, 0.717) is 0 Å². The van der Waals surface area contributed by atoms with E-state index < -0.39 is 35.8 Å². The minimum absolute atomic E-state index is 0.237. The average Bonchev–Trinajstić information content (AvgIpc) is 2.70. The van der Waals surface area contributed by atoms with Crippen molar-refractivity contribution in [2.75, 3.05) is 7.11 Å². The van der Waals surface area contributed by atoms with Gasteiger partial charge in [0.1, 0.15) is 6.04 Å². The van der Waals surface area contributed by atoms with Gasteiger partial charge in [0.05, 0.1) is 18.2 Å². The molecule has 2 aliphatic heterocycles. The topological polar surface area (TPSA) is 92.8 Å². The van der Waals surface area contributed by atoms with Gasteiger partial charge in [-0.25, -0.2) is 4.79 Å². The molecule has 2 aliphatic rings. The van der Waals surface area contributed by atoms with Crippen LogP contribution >= 0.6 is 0 Å². The predicted molar refractivity (Wildman–Crippen MR) is 64.7 cm³/mol. The first-order valence-electron chi connectivity index (χ1n) is 5.91. The molecule has 20 heavy (non-hydrogen) atoms. The molecule has 7 nitrogen and oxygen atoms in total. The zero-order valence-corrected chi connectivity index (χ0v) is 10.5. The summed E-state index contributed by atoms with van der Waals surface area (Å²) in [6.45, 7) is 0. The number of esters is 1. The Morgan fingerprint density at radius 3 is 2.15 bits per heavy atom. The molecule has 0 saturated carbocycles. The lowest BCUT2D eigenvalue weighted by molar-refractivity contribution is -0.155. The average molecular weight is 274 g/mol. The second-order valence-corrected chi connectivity index (χ2v) is 4.48. The SMILES string of the molecule is COC(=O)[C@@H]1NC(=O)[C@@H]1N1C(=O)c2ccccc2C1=O. The Bertz CT molecular complexity index is 619. The summed E-state index contributed by atoms with van der Waals surface area (Å²) >= 11 is 0. The maximum absolute atomic E-state index is 12.2. The van der Waals surface area contributed by atoms with Crippen molar-refractivity contribution in [2.45, 2.75) is 12.1 Å². The molecule has 1 N–H and O–H groups in total. The lowest BCUT2D eigenvalue weighted by Crippen LogP contribution is -2.72. The molecule has 3 rings (SSSR count). The molecule has 2 atom stereocenters. The van der Waals surface area contributed by atoms with Crippen LogP contribution in [0.1, 0.15) is 20.7 Å². The number of β-lactam (4-membered cyclic amide) rings is 1. The smallest absolute Gasteiger partial charge is 0.331 e. The van der Waals surface area contributed by atoms with Gasteiger partial charge in [0.15, 0.2) is 6.04 Å².